The molecule has 1 saturated heterocycles. The van der Waals surface area contributed by atoms with E-state index in [1.165, 1.54) is 55.5 Å². The molecule has 2 heterocycles. The van der Waals surface area contributed by atoms with Crippen LogP contribution in [-0.2, 0) is 28.9 Å². The van der Waals surface area contributed by atoms with Gasteiger partial charge in [-0.05, 0) is 98.6 Å². The molecule has 1 N–H and O–H groups in total. The molecule has 41 heavy (non-hydrogen) atoms. The number of aromatic hydroxyl groups is 1. The van der Waals surface area contributed by atoms with Crippen LogP contribution in [0.15, 0.2) is 60.2 Å². The Kier molecular flexibility index (Phi) is 10.2. The van der Waals surface area contributed by atoms with Gasteiger partial charge in [0, 0.05) is 37.3 Å². The molecule has 0 radical (unpaired) electrons. The summed E-state index contributed by atoms with van der Waals surface area (Å²) in [6.45, 7) is 7.92. The molecular formula is C34H47N3O4. The molecule has 7 heteroatoms. The first kappa shape index (κ1) is 29.5. The third-order valence-electron chi connectivity index (χ3n) is 9.11. The summed E-state index contributed by atoms with van der Waals surface area (Å²) in [6.07, 6.45) is 14.8. The average Bonchev–Trinajstić information content (AvgIpc) is 3.28. The van der Waals surface area contributed by atoms with Gasteiger partial charge in [0.2, 0.25) is 5.88 Å². The van der Waals surface area contributed by atoms with Gasteiger partial charge in [-0.2, -0.15) is 0 Å². The van der Waals surface area contributed by atoms with Gasteiger partial charge in [-0.1, -0.05) is 31.9 Å². The van der Waals surface area contributed by atoms with Crippen molar-refractivity contribution in [1.82, 2.24) is 14.8 Å². The van der Waals surface area contributed by atoms with Crippen molar-refractivity contribution < 1.29 is 19.3 Å². The Labute approximate surface area is 245 Å². The predicted molar refractivity (Wildman–Crippen MR) is 162 cm³/mol. The van der Waals surface area contributed by atoms with Crippen LogP contribution in [0.5, 0.6) is 11.6 Å². The maximum Gasteiger partial charge on any atom is 0.213 e. The van der Waals surface area contributed by atoms with E-state index < -0.39 is 0 Å². The number of ether oxygens (including phenoxy) is 3. The van der Waals surface area contributed by atoms with Crippen molar-refractivity contribution in [3.63, 3.8) is 0 Å². The van der Waals surface area contributed by atoms with Crippen LogP contribution < -0.4 is 4.74 Å². The van der Waals surface area contributed by atoms with Gasteiger partial charge >= 0.3 is 0 Å². The smallest absolute Gasteiger partial charge is 0.213 e. The molecule has 0 saturated carbocycles. The van der Waals surface area contributed by atoms with Gasteiger partial charge in [0.25, 0.3) is 0 Å². The number of methoxy groups -OCH3 is 2. The van der Waals surface area contributed by atoms with E-state index in [9.17, 15) is 5.11 Å². The number of aromatic nitrogens is 1. The van der Waals surface area contributed by atoms with Crippen LogP contribution in [-0.4, -0.2) is 72.9 Å². The van der Waals surface area contributed by atoms with Gasteiger partial charge in [0.1, 0.15) is 12.4 Å². The third kappa shape index (κ3) is 7.44. The molecule has 0 amide bonds. The zero-order valence-electron chi connectivity index (χ0n) is 25.1. The quantitative estimate of drug-likeness (QED) is 0.376. The Morgan fingerprint density at radius 2 is 1.76 bits per heavy atom. The number of pyridine rings is 1. The normalized spacial score (nSPS) is 23.3. The van der Waals surface area contributed by atoms with Crippen LogP contribution in [0.25, 0.3) is 0 Å². The lowest BCUT2D eigenvalue weighted by molar-refractivity contribution is 0.132. The van der Waals surface area contributed by atoms with Crippen LogP contribution in [0.2, 0.25) is 0 Å². The van der Waals surface area contributed by atoms with E-state index >= 15 is 0 Å². The lowest BCUT2D eigenvalue weighted by Crippen LogP contribution is -2.44. The second-order valence-corrected chi connectivity index (χ2v) is 11.7. The minimum Gasteiger partial charge on any atom is -0.508 e. The fourth-order valence-corrected chi connectivity index (χ4v) is 6.79. The molecule has 2 aliphatic carbocycles. The van der Waals surface area contributed by atoms with E-state index in [1.807, 2.05) is 24.4 Å². The van der Waals surface area contributed by atoms with Crippen molar-refractivity contribution in [2.75, 3.05) is 47.0 Å². The van der Waals surface area contributed by atoms with Gasteiger partial charge < -0.3 is 19.3 Å². The van der Waals surface area contributed by atoms with Crippen molar-refractivity contribution in [3.8, 4) is 11.6 Å². The largest absolute Gasteiger partial charge is 0.508 e. The Bertz CT molecular complexity index is 1190. The molecule has 1 aromatic carbocycles. The summed E-state index contributed by atoms with van der Waals surface area (Å²) in [4.78, 5) is 9.67. The minimum atomic E-state index is 0.169. The summed E-state index contributed by atoms with van der Waals surface area (Å²) >= 11 is 0. The Morgan fingerprint density at radius 1 is 0.976 bits per heavy atom. The number of hydrogen-bond donors (Lipinski definition) is 1. The van der Waals surface area contributed by atoms with Crippen molar-refractivity contribution in [2.24, 2.45) is 11.8 Å². The monoisotopic (exact) mass is 561 g/mol. The zero-order chi connectivity index (χ0) is 28.6. The molecule has 2 unspecified atom stereocenters. The second-order valence-electron chi connectivity index (χ2n) is 11.7. The molecular weight excluding hydrogens is 514 g/mol. The van der Waals surface area contributed by atoms with Crippen molar-refractivity contribution >= 4 is 0 Å². The van der Waals surface area contributed by atoms with Gasteiger partial charge in [-0.25, -0.2) is 4.98 Å². The number of likely N-dealkylation sites (N-methyl/N-ethyl adjacent to an activating group) is 1. The molecule has 1 aromatic heterocycles. The SMILES string of the molecule is CCN(Cc1ccc(OCCN2CCCCCC2)nc1)C1C=C(OC)C(OC)=CC1[C@@H]1CCc2cc(O)ccc2C1. The summed E-state index contributed by atoms with van der Waals surface area (Å²) in [6, 6.07) is 10.2. The van der Waals surface area contributed by atoms with E-state index in [1.54, 1.807) is 14.2 Å². The Hall–Kier alpha value is -3.03. The van der Waals surface area contributed by atoms with E-state index in [2.05, 4.69) is 46.0 Å². The first-order valence-corrected chi connectivity index (χ1v) is 15.4. The van der Waals surface area contributed by atoms with E-state index in [0.29, 0.717) is 24.2 Å². The first-order chi connectivity index (χ1) is 20.1. The molecule has 1 fully saturated rings. The summed E-state index contributed by atoms with van der Waals surface area (Å²) in [5.41, 5.74) is 3.78. The maximum absolute atomic E-state index is 9.97. The number of likely N-dealkylation sites (tertiary alicyclic amines) is 1. The lowest BCUT2D eigenvalue weighted by atomic mass is 9.72. The highest BCUT2D eigenvalue weighted by molar-refractivity contribution is 5.38. The van der Waals surface area contributed by atoms with Gasteiger partial charge in [0.05, 0.1) is 14.2 Å². The lowest BCUT2D eigenvalue weighted by Gasteiger charge is -2.41. The van der Waals surface area contributed by atoms with Crippen molar-refractivity contribution in [1.29, 1.82) is 0 Å². The number of hydrogen-bond acceptors (Lipinski definition) is 7. The summed E-state index contributed by atoms with van der Waals surface area (Å²) in [5, 5.41) is 9.97. The summed E-state index contributed by atoms with van der Waals surface area (Å²) < 4.78 is 17.5. The van der Waals surface area contributed by atoms with Gasteiger partial charge in [0.15, 0.2) is 11.5 Å². The van der Waals surface area contributed by atoms with Crippen molar-refractivity contribution in [3.05, 3.63) is 76.9 Å². The van der Waals surface area contributed by atoms with E-state index in [-0.39, 0.29) is 12.0 Å². The Balaban J connectivity index is 1.26. The first-order valence-electron chi connectivity index (χ1n) is 15.4. The third-order valence-corrected chi connectivity index (χ3v) is 9.11. The molecule has 0 spiro atoms. The number of benzene rings is 1. The number of phenolic OH excluding ortho intramolecular Hbond substituents is 1. The van der Waals surface area contributed by atoms with Gasteiger partial charge in [-0.15, -0.1) is 0 Å². The minimum absolute atomic E-state index is 0.169. The summed E-state index contributed by atoms with van der Waals surface area (Å²) in [5.74, 6) is 3.39. The number of phenols is 1. The number of nitrogens with zero attached hydrogens (tertiary/aromatic N) is 3. The van der Waals surface area contributed by atoms with Crippen LogP contribution in [0.4, 0.5) is 0 Å². The average molecular weight is 562 g/mol. The van der Waals surface area contributed by atoms with Crippen molar-refractivity contribution in [2.45, 2.75) is 64.5 Å². The van der Waals surface area contributed by atoms with Crippen LogP contribution in [0, 0.1) is 11.8 Å². The van der Waals surface area contributed by atoms with E-state index in [0.717, 1.165) is 50.4 Å². The highest BCUT2D eigenvalue weighted by Gasteiger charge is 2.37. The maximum atomic E-state index is 9.97. The number of aryl methyl sites for hydroxylation is 1. The highest BCUT2D eigenvalue weighted by Crippen LogP contribution is 2.39. The van der Waals surface area contributed by atoms with Crippen LogP contribution in [0.3, 0.4) is 0 Å². The van der Waals surface area contributed by atoms with Crippen LogP contribution >= 0.6 is 0 Å². The summed E-state index contributed by atoms with van der Waals surface area (Å²) in [7, 11) is 3.43. The second kappa shape index (κ2) is 14.2. The molecule has 3 atom stereocenters. The van der Waals surface area contributed by atoms with E-state index in [4.69, 9.17) is 14.2 Å². The fraction of sp³-hybridized carbons (Fsp3) is 0.559. The fourth-order valence-electron chi connectivity index (χ4n) is 6.79. The molecule has 0 bridgehead atoms. The molecule has 1 aliphatic heterocycles. The molecule has 3 aliphatic rings. The number of rotatable bonds is 11. The molecule has 2 aromatic rings. The topological polar surface area (TPSA) is 67.3 Å². The number of fused-ring (bicyclic) bond motifs is 1. The molecule has 5 rings (SSSR count). The predicted octanol–water partition coefficient (Wildman–Crippen LogP) is 5.73. The van der Waals surface area contributed by atoms with Gasteiger partial charge in [-0.3, -0.25) is 9.80 Å². The zero-order valence-corrected chi connectivity index (χ0v) is 25.1. The van der Waals surface area contributed by atoms with Crippen LogP contribution in [0.1, 0.15) is 55.7 Å². The Morgan fingerprint density at radius 3 is 2.46 bits per heavy atom. The molecule has 222 valence electrons. The molecule has 7 nitrogen and oxygen atoms in total. The standard InChI is InChI=1S/C34H47N3O4/c1-4-37(24-25-9-14-34(35-23-25)41-18-17-36-15-7-5-6-8-16-36)31-22-33(40-3)32(39-2)21-30(31)28-11-10-27-20-29(38)13-12-26(27)19-28/h9,12-14,20-23,28,30-31,38H,4-8,10-11,15-19,24H2,1-3H3/t28-,30?,31?/m1/s1. The highest BCUT2D eigenvalue weighted by atomic mass is 16.5.